The van der Waals surface area contributed by atoms with Crippen LogP contribution in [0, 0.1) is 5.92 Å². The fourth-order valence-corrected chi connectivity index (χ4v) is 4.04. The highest BCUT2D eigenvalue weighted by Gasteiger charge is 2.38. The number of hydrogen-bond acceptors (Lipinski definition) is 3. The summed E-state index contributed by atoms with van der Waals surface area (Å²) < 4.78 is 5.31. The first-order valence-corrected chi connectivity index (χ1v) is 9.64. The van der Waals surface area contributed by atoms with Crippen LogP contribution in [0.2, 0.25) is 0 Å². The molecule has 1 aliphatic heterocycles. The van der Waals surface area contributed by atoms with E-state index in [2.05, 4.69) is 0 Å². The van der Waals surface area contributed by atoms with Gasteiger partial charge in [-0.2, -0.15) is 0 Å². The molecule has 1 amide bonds. The van der Waals surface area contributed by atoms with Gasteiger partial charge in [-0.05, 0) is 30.5 Å². The summed E-state index contributed by atoms with van der Waals surface area (Å²) in [4.78, 5) is 27.6. The van der Waals surface area contributed by atoms with E-state index in [1.807, 2.05) is 66.7 Å². The van der Waals surface area contributed by atoms with Gasteiger partial charge in [-0.3, -0.25) is 14.5 Å². The van der Waals surface area contributed by atoms with Gasteiger partial charge in [0.1, 0.15) is 5.75 Å². The van der Waals surface area contributed by atoms with Gasteiger partial charge in [0.2, 0.25) is 5.91 Å². The van der Waals surface area contributed by atoms with E-state index < -0.39 is 0 Å². The number of ether oxygens (including phenoxy) is 1. The Morgan fingerprint density at radius 1 is 1.04 bits per heavy atom. The number of rotatable bonds is 4. The van der Waals surface area contributed by atoms with Gasteiger partial charge in [-0.15, -0.1) is 0 Å². The van der Waals surface area contributed by atoms with Crippen LogP contribution in [0.4, 0.5) is 5.69 Å². The lowest BCUT2D eigenvalue weighted by Crippen LogP contribution is -2.40. The Labute approximate surface area is 165 Å². The van der Waals surface area contributed by atoms with Crippen molar-refractivity contribution in [2.75, 3.05) is 12.0 Å². The third kappa shape index (κ3) is 3.50. The number of nitrogens with zero attached hydrogens (tertiary/aromatic N) is 1. The number of allylic oxidation sites excluding steroid dienone is 3. The van der Waals surface area contributed by atoms with Crippen LogP contribution in [0.5, 0.6) is 5.75 Å². The van der Waals surface area contributed by atoms with Gasteiger partial charge in [-0.25, -0.2) is 0 Å². The summed E-state index contributed by atoms with van der Waals surface area (Å²) >= 11 is 0. The predicted molar refractivity (Wildman–Crippen MR) is 110 cm³/mol. The van der Waals surface area contributed by atoms with Crippen molar-refractivity contribution in [2.24, 2.45) is 5.92 Å². The Hall–Kier alpha value is -3.14. The van der Waals surface area contributed by atoms with Crippen LogP contribution in [0.1, 0.15) is 31.2 Å². The van der Waals surface area contributed by atoms with Crippen LogP contribution in [-0.2, 0) is 9.59 Å². The number of Topliss-reactive ketones (excluding diaryl/α,β-unsaturated/α-hetero) is 1. The molecule has 0 bridgehead atoms. The van der Waals surface area contributed by atoms with Crippen molar-refractivity contribution in [1.29, 1.82) is 0 Å². The molecule has 0 saturated carbocycles. The van der Waals surface area contributed by atoms with E-state index in [0.29, 0.717) is 18.6 Å². The average molecular weight is 373 g/mol. The molecule has 4 heteroatoms. The summed E-state index contributed by atoms with van der Waals surface area (Å²) in [5.74, 6) is 0.701. The van der Waals surface area contributed by atoms with Crippen LogP contribution in [-0.4, -0.2) is 18.8 Å². The zero-order valence-corrected chi connectivity index (χ0v) is 15.9. The van der Waals surface area contributed by atoms with Crippen LogP contribution >= 0.6 is 0 Å². The smallest absolute Gasteiger partial charge is 0.232 e. The molecule has 0 aromatic heterocycles. The molecule has 28 heavy (non-hydrogen) atoms. The van der Waals surface area contributed by atoms with Crippen molar-refractivity contribution >= 4 is 23.5 Å². The molecular formula is C24H23NO3. The molecule has 1 heterocycles. The fourth-order valence-electron chi connectivity index (χ4n) is 4.04. The van der Waals surface area contributed by atoms with Gasteiger partial charge in [-0.1, -0.05) is 48.6 Å². The largest absolute Gasteiger partial charge is 0.497 e. The predicted octanol–water partition coefficient (Wildman–Crippen LogP) is 4.77. The summed E-state index contributed by atoms with van der Waals surface area (Å²) in [5.41, 5.74) is 3.47. The molecule has 0 spiro atoms. The summed E-state index contributed by atoms with van der Waals surface area (Å²) in [5, 5.41) is 0. The second-order valence-electron chi connectivity index (χ2n) is 7.15. The van der Waals surface area contributed by atoms with E-state index in [0.717, 1.165) is 35.4 Å². The number of carbonyl (C=O) groups is 2. The van der Waals surface area contributed by atoms with E-state index in [4.69, 9.17) is 4.74 Å². The van der Waals surface area contributed by atoms with E-state index >= 15 is 0 Å². The van der Waals surface area contributed by atoms with Crippen LogP contribution in [0.15, 0.2) is 71.9 Å². The minimum absolute atomic E-state index is 0.0180. The molecule has 0 radical (unpaired) electrons. The lowest BCUT2D eigenvalue weighted by molar-refractivity contribution is -0.120. The molecule has 0 fully saturated rings. The zero-order chi connectivity index (χ0) is 19.5. The Morgan fingerprint density at radius 3 is 2.64 bits per heavy atom. The van der Waals surface area contributed by atoms with E-state index in [-0.39, 0.29) is 17.6 Å². The maximum atomic E-state index is 13.1. The Balaban J connectivity index is 1.75. The van der Waals surface area contributed by atoms with Crippen molar-refractivity contribution in [3.63, 3.8) is 0 Å². The number of benzene rings is 2. The maximum absolute atomic E-state index is 13.1. The van der Waals surface area contributed by atoms with Crippen LogP contribution in [0.3, 0.4) is 0 Å². The molecule has 2 aromatic carbocycles. The molecule has 142 valence electrons. The highest BCUT2D eigenvalue weighted by atomic mass is 16.5. The van der Waals surface area contributed by atoms with Gasteiger partial charge in [0.15, 0.2) is 5.78 Å². The minimum atomic E-state index is -0.169. The van der Waals surface area contributed by atoms with Crippen molar-refractivity contribution in [1.82, 2.24) is 0 Å². The lowest BCUT2D eigenvalue weighted by atomic mass is 9.80. The minimum Gasteiger partial charge on any atom is -0.497 e. The summed E-state index contributed by atoms with van der Waals surface area (Å²) in [6, 6.07) is 17.4. The Kier molecular flexibility index (Phi) is 5.11. The average Bonchev–Trinajstić information content (AvgIpc) is 2.73. The molecule has 1 atom stereocenters. The third-order valence-electron chi connectivity index (χ3n) is 5.35. The highest BCUT2D eigenvalue weighted by molar-refractivity contribution is 6.07. The van der Waals surface area contributed by atoms with Crippen molar-refractivity contribution in [3.05, 3.63) is 77.5 Å². The monoisotopic (exact) mass is 373 g/mol. The lowest BCUT2D eigenvalue weighted by Gasteiger charge is -2.37. The van der Waals surface area contributed by atoms with Crippen LogP contribution < -0.4 is 9.64 Å². The van der Waals surface area contributed by atoms with Gasteiger partial charge < -0.3 is 4.74 Å². The number of ketones is 1. The van der Waals surface area contributed by atoms with Gasteiger partial charge in [0.25, 0.3) is 0 Å². The third-order valence-corrected chi connectivity index (χ3v) is 5.35. The molecule has 1 unspecified atom stereocenters. The van der Waals surface area contributed by atoms with E-state index in [1.165, 1.54) is 0 Å². The van der Waals surface area contributed by atoms with Gasteiger partial charge >= 0.3 is 0 Å². The zero-order valence-electron chi connectivity index (χ0n) is 15.9. The molecular weight excluding hydrogens is 350 g/mol. The van der Waals surface area contributed by atoms with Crippen molar-refractivity contribution in [2.45, 2.75) is 25.7 Å². The first-order chi connectivity index (χ1) is 13.7. The van der Waals surface area contributed by atoms with Crippen LogP contribution in [0.25, 0.3) is 6.08 Å². The van der Waals surface area contributed by atoms with Gasteiger partial charge in [0, 0.05) is 36.1 Å². The molecule has 0 saturated heterocycles. The standard InChI is InChI=1S/C24H23NO3/c1-28-20-10-5-9-19(16-20)25-21-11-6-12-22(26)24(21)18(15-23(25)27)14-13-17-7-3-2-4-8-17/h2-5,7-10,13-14,16,18H,6,11-12,15H2,1H3/b14-13+. The van der Waals surface area contributed by atoms with Crippen molar-refractivity contribution in [3.8, 4) is 5.75 Å². The molecule has 0 N–H and O–H groups in total. The Bertz CT molecular complexity index is 959. The first-order valence-electron chi connectivity index (χ1n) is 9.64. The molecule has 2 aromatic rings. The van der Waals surface area contributed by atoms with E-state index in [1.54, 1.807) is 12.0 Å². The van der Waals surface area contributed by atoms with E-state index in [9.17, 15) is 9.59 Å². The molecule has 1 aliphatic carbocycles. The highest BCUT2D eigenvalue weighted by Crippen LogP contribution is 2.40. The Morgan fingerprint density at radius 2 is 1.86 bits per heavy atom. The first kappa shape index (κ1) is 18.2. The molecule has 2 aliphatic rings. The number of carbonyl (C=O) groups excluding carboxylic acids is 2. The fraction of sp³-hybridized carbons (Fsp3) is 0.250. The SMILES string of the molecule is COc1cccc(N2C(=O)CC(/C=C/c3ccccc3)C3=C2CCCC3=O)c1. The molecule has 4 rings (SSSR count). The topological polar surface area (TPSA) is 46.6 Å². The second-order valence-corrected chi connectivity index (χ2v) is 7.15. The number of amides is 1. The number of hydrogen-bond donors (Lipinski definition) is 0. The summed E-state index contributed by atoms with van der Waals surface area (Å²) in [6.45, 7) is 0. The van der Waals surface area contributed by atoms with Crippen molar-refractivity contribution < 1.29 is 14.3 Å². The number of anilines is 1. The summed E-state index contributed by atoms with van der Waals surface area (Å²) in [7, 11) is 1.61. The maximum Gasteiger partial charge on any atom is 0.232 e. The quantitative estimate of drug-likeness (QED) is 0.776. The second kappa shape index (κ2) is 7.85. The number of methoxy groups -OCH3 is 1. The van der Waals surface area contributed by atoms with Gasteiger partial charge in [0.05, 0.1) is 12.8 Å². The normalized spacial score (nSPS) is 19.9. The summed E-state index contributed by atoms with van der Waals surface area (Å²) in [6.07, 6.45) is 6.38. The molecule has 4 nitrogen and oxygen atoms in total.